The van der Waals surface area contributed by atoms with E-state index in [2.05, 4.69) is 26.9 Å². The molecule has 0 spiro atoms. The van der Waals surface area contributed by atoms with E-state index in [1.165, 1.54) is 31.6 Å². The van der Waals surface area contributed by atoms with E-state index in [1.54, 1.807) is 24.3 Å². The van der Waals surface area contributed by atoms with E-state index >= 15 is 0 Å². The first-order valence-electron chi connectivity index (χ1n) is 12.9. The second-order valence-corrected chi connectivity index (χ2v) is 10.0. The van der Waals surface area contributed by atoms with Gasteiger partial charge in [0.15, 0.2) is 5.65 Å². The Bertz CT molecular complexity index is 1570. The molecule has 1 aliphatic heterocycles. The van der Waals surface area contributed by atoms with Gasteiger partial charge in [0, 0.05) is 37.3 Å². The van der Waals surface area contributed by atoms with Crippen molar-refractivity contribution in [3.05, 3.63) is 54.7 Å². The third kappa shape index (κ3) is 4.74. The average Bonchev–Trinajstić information content (AvgIpc) is 3.31. The number of likely N-dealkylation sites (tertiary alicyclic amines) is 1. The van der Waals surface area contributed by atoms with Crippen molar-refractivity contribution < 1.29 is 14.0 Å². The van der Waals surface area contributed by atoms with E-state index in [-0.39, 0.29) is 29.2 Å². The van der Waals surface area contributed by atoms with Gasteiger partial charge in [-0.15, -0.1) is 0 Å². The van der Waals surface area contributed by atoms with Crippen molar-refractivity contribution in [2.45, 2.75) is 31.3 Å². The minimum absolute atomic E-state index is 0.00912. The summed E-state index contributed by atoms with van der Waals surface area (Å²) in [5.74, 6) is -0.0615. The highest BCUT2D eigenvalue weighted by Crippen LogP contribution is 2.36. The largest absolute Gasteiger partial charge is 0.445 e. The highest BCUT2D eigenvalue weighted by Gasteiger charge is 2.31. The third-order valence-electron chi connectivity index (χ3n) is 7.38. The molecular formula is C27H29N9O3. The van der Waals surface area contributed by atoms with Gasteiger partial charge in [-0.2, -0.15) is 5.10 Å². The molecule has 4 aromatic rings. The Morgan fingerprint density at radius 2 is 2.05 bits per heavy atom. The van der Waals surface area contributed by atoms with Crippen LogP contribution in [0.15, 0.2) is 53.6 Å². The number of hydrogen-bond donors (Lipinski definition) is 2. The zero-order valence-electron chi connectivity index (χ0n) is 21.5. The highest BCUT2D eigenvalue weighted by atomic mass is 16.3. The van der Waals surface area contributed by atoms with E-state index in [4.69, 9.17) is 21.0 Å². The number of nitrogens with zero attached hydrogens (tertiary/aromatic N) is 7. The average molecular weight is 528 g/mol. The summed E-state index contributed by atoms with van der Waals surface area (Å²) in [7, 11) is 2.09. The van der Waals surface area contributed by atoms with Crippen molar-refractivity contribution in [2.24, 2.45) is 5.73 Å². The second kappa shape index (κ2) is 9.95. The first kappa shape index (κ1) is 24.7. The molecule has 0 bridgehead atoms. The lowest BCUT2D eigenvalue weighted by Crippen LogP contribution is -2.28. The zero-order valence-corrected chi connectivity index (χ0v) is 21.5. The van der Waals surface area contributed by atoms with Gasteiger partial charge in [-0.3, -0.25) is 14.5 Å². The number of aromatic nitrogens is 5. The van der Waals surface area contributed by atoms with Crippen LogP contribution >= 0.6 is 0 Å². The van der Waals surface area contributed by atoms with Crippen LogP contribution in [0.2, 0.25) is 0 Å². The number of nitrogens with two attached hydrogens (primary N) is 2. The molecule has 4 N–H and O–H groups in total. The Balaban J connectivity index is 1.31. The summed E-state index contributed by atoms with van der Waals surface area (Å²) in [5, 5.41) is 5.50. The molecule has 200 valence electrons. The lowest BCUT2D eigenvalue weighted by atomic mass is 10.0. The summed E-state index contributed by atoms with van der Waals surface area (Å²) in [6.45, 7) is 1.89. The molecule has 39 heavy (non-hydrogen) atoms. The van der Waals surface area contributed by atoms with Crippen molar-refractivity contribution in [3.63, 3.8) is 0 Å². The van der Waals surface area contributed by atoms with Crippen LogP contribution in [0, 0.1) is 0 Å². The molecule has 1 aromatic carbocycles. The highest BCUT2D eigenvalue weighted by molar-refractivity contribution is 6.02. The van der Waals surface area contributed by atoms with Gasteiger partial charge in [0.05, 0.1) is 28.8 Å². The van der Waals surface area contributed by atoms with E-state index in [0.717, 1.165) is 13.0 Å². The van der Waals surface area contributed by atoms with Gasteiger partial charge in [0.1, 0.15) is 24.1 Å². The summed E-state index contributed by atoms with van der Waals surface area (Å²) in [6, 6.07) is 5.68. The number of fused-ring (bicyclic) bond motifs is 1. The molecule has 12 nitrogen and oxygen atoms in total. The van der Waals surface area contributed by atoms with Crippen LogP contribution in [0.1, 0.15) is 35.7 Å². The lowest BCUT2D eigenvalue weighted by molar-refractivity contribution is -0.125. The number of rotatable bonds is 8. The van der Waals surface area contributed by atoms with Crippen molar-refractivity contribution in [3.8, 4) is 22.7 Å². The predicted molar refractivity (Wildman–Crippen MR) is 144 cm³/mol. The van der Waals surface area contributed by atoms with Gasteiger partial charge in [-0.1, -0.05) is 12.1 Å². The fourth-order valence-corrected chi connectivity index (χ4v) is 5.12. The Morgan fingerprint density at radius 1 is 1.21 bits per heavy atom. The van der Waals surface area contributed by atoms with Crippen LogP contribution in [-0.2, 0) is 4.79 Å². The molecule has 0 radical (unpaired) electrons. The van der Waals surface area contributed by atoms with Crippen molar-refractivity contribution in [1.29, 1.82) is 0 Å². The fraction of sp³-hybridized carbons (Fsp3) is 0.333. The van der Waals surface area contributed by atoms with Gasteiger partial charge >= 0.3 is 0 Å². The topological polar surface area (TPSA) is 162 Å². The number of benzene rings is 1. The molecule has 2 fully saturated rings. The maximum atomic E-state index is 12.9. The molecule has 2 aliphatic rings. The molecule has 1 atom stereocenters. The number of likely N-dealkylation sites (N-methyl/N-ethyl adjacent to an activating group) is 1. The normalized spacial score (nSPS) is 17.6. The molecule has 1 saturated carbocycles. The Kier molecular flexibility index (Phi) is 6.31. The molecule has 2 amide bonds. The third-order valence-corrected chi connectivity index (χ3v) is 7.38. The molecule has 6 rings (SSSR count). The number of primary amides is 1. The minimum atomic E-state index is -0.600. The van der Waals surface area contributed by atoms with Crippen LogP contribution in [0.25, 0.3) is 33.7 Å². The summed E-state index contributed by atoms with van der Waals surface area (Å²) in [5.41, 5.74) is 14.4. The predicted octanol–water partition coefficient (Wildman–Crippen LogP) is 2.25. The minimum Gasteiger partial charge on any atom is -0.445 e. The summed E-state index contributed by atoms with van der Waals surface area (Å²) in [4.78, 5) is 41.9. The number of nitrogen functional groups attached to an aromatic ring is 1. The van der Waals surface area contributed by atoms with Crippen molar-refractivity contribution in [2.75, 3.05) is 32.4 Å². The molecule has 0 unspecified atom stereocenters. The van der Waals surface area contributed by atoms with Crippen molar-refractivity contribution >= 4 is 28.7 Å². The first-order valence-corrected chi connectivity index (χ1v) is 12.9. The fourth-order valence-electron chi connectivity index (χ4n) is 5.12. The lowest BCUT2D eigenvalue weighted by Gasteiger charge is -2.16. The van der Waals surface area contributed by atoms with Gasteiger partial charge in [-0.25, -0.2) is 19.6 Å². The summed E-state index contributed by atoms with van der Waals surface area (Å²) >= 11 is 0. The zero-order chi connectivity index (χ0) is 27.1. The maximum absolute atomic E-state index is 12.9. The van der Waals surface area contributed by atoms with Crippen molar-refractivity contribution in [1.82, 2.24) is 34.5 Å². The van der Waals surface area contributed by atoms with Crippen LogP contribution < -0.4 is 11.5 Å². The molecule has 1 saturated heterocycles. The maximum Gasteiger partial charge on any atom is 0.249 e. The van der Waals surface area contributed by atoms with Gasteiger partial charge in [-0.05, 0) is 38.4 Å². The molecule has 12 heteroatoms. The van der Waals surface area contributed by atoms with Crippen LogP contribution in [0.4, 0.5) is 5.82 Å². The standard InChI is InChI=1S/C27H29N9O3/c1-34(17-5-6-17)10-2-3-21(37)35-11-8-18(14-35)36-26-22(24(28)31-15-32-26)23(33-36)16-4-7-19(25(29)38)20(13-16)27-30-9-12-39-27/h2-4,7,9,12-13,15,17-18H,5-6,8,10-11,14H2,1H3,(H2,29,38)(H2,28,31,32)/b3-2+/t18-/m1/s1. The van der Waals surface area contributed by atoms with E-state index in [0.29, 0.717) is 47.0 Å². The first-order chi connectivity index (χ1) is 18.9. The summed E-state index contributed by atoms with van der Waals surface area (Å²) in [6.07, 6.45) is 11.1. The number of oxazole rings is 1. The smallest absolute Gasteiger partial charge is 0.249 e. The van der Waals surface area contributed by atoms with Crippen LogP contribution in [0.3, 0.4) is 0 Å². The number of carbonyl (C=O) groups is 2. The van der Waals surface area contributed by atoms with E-state index in [1.807, 2.05) is 15.7 Å². The Morgan fingerprint density at radius 3 is 2.79 bits per heavy atom. The number of amides is 2. The van der Waals surface area contributed by atoms with Crippen LogP contribution in [0.5, 0.6) is 0 Å². The number of carbonyl (C=O) groups excluding carboxylic acids is 2. The molecule has 1 aliphatic carbocycles. The van der Waals surface area contributed by atoms with Gasteiger partial charge in [0.25, 0.3) is 0 Å². The SMILES string of the molecule is CN(C/C=C/C(=O)N1CC[C@@H](n2nc(-c3ccc(C(N)=O)c(-c4ncco4)c3)c3c(N)ncnc32)C1)C1CC1. The number of anilines is 1. The van der Waals surface area contributed by atoms with Crippen LogP contribution in [-0.4, -0.2) is 79.1 Å². The van der Waals surface area contributed by atoms with E-state index < -0.39 is 5.91 Å². The quantitative estimate of drug-likeness (QED) is 0.327. The monoisotopic (exact) mass is 527 g/mol. The van der Waals surface area contributed by atoms with E-state index in [9.17, 15) is 9.59 Å². The van der Waals surface area contributed by atoms with Gasteiger partial charge < -0.3 is 20.8 Å². The summed E-state index contributed by atoms with van der Waals surface area (Å²) < 4.78 is 7.28. The molecular weight excluding hydrogens is 498 g/mol. The Labute approximate surface area is 224 Å². The Hall–Kier alpha value is -4.58. The molecule has 3 aromatic heterocycles. The number of hydrogen-bond acceptors (Lipinski definition) is 9. The molecule has 4 heterocycles. The second-order valence-electron chi connectivity index (χ2n) is 10.0. The van der Waals surface area contributed by atoms with Gasteiger partial charge in [0.2, 0.25) is 17.7 Å².